The van der Waals surface area contributed by atoms with Crippen LogP contribution in [0.2, 0.25) is 0 Å². The highest BCUT2D eigenvalue weighted by Crippen LogP contribution is 2.29. The Morgan fingerprint density at radius 2 is 2.05 bits per heavy atom. The third-order valence-corrected chi connectivity index (χ3v) is 4.40. The summed E-state index contributed by atoms with van der Waals surface area (Å²) in [6.45, 7) is 13.1. The fourth-order valence-corrected chi connectivity index (χ4v) is 3.24. The van der Waals surface area contributed by atoms with E-state index in [9.17, 15) is 4.79 Å². The first-order valence-electron chi connectivity index (χ1n) is 7.52. The number of hydrogen-bond acceptors (Lipinski definition) is 3. The van der Waals surface area contributed by atoms with Gasteiger partial charge in [0.1, 0.15) is 0 Å². The zero-order valence-corrected chi connectivity index (χ0v) is 13.0. The van der Waals surface area contributed by atoms with Crippen molar-refractivity contribution in [2.45, 2.75) is 71.2 Å². The Labute approximate surface area is 117 Å². The van der Waals surface area contributed by atoms with E-state index < -0.39 is 0 Å². The normalized spacial score (nSPS) is 32.9. The first-order chi connectivity index (χ1) is 8.83. The summed E-state index contributed by atoms with van der Waals surface area (Å²) in [4.78, 5) is 17.1. The zero-order chi connectivity index (χ0) is 14.2. The monoisotopic (exact) mass is 268 g/mol. The highest BCUT2D eigenvalue weighted by molar-refractivity contribution is 5.83. The molecule has 0 aliphatic carbocycles. The number of carbonyl (C=O) groups excluding carboxylic acids is 1. The van der Waals surface area contributed by atoms with E-state index in [-0.39, 0.29) is 17.7 Å². The topological polar surface area (TPSA) is 32.8 Å². The van der Waals surface area contributed by atoms with Crippen LogP contribution >= 0.6 is 0 Å². The molecule has 0 N–H and O–H groups in total. The van der Waals surface area contributed by atoms with E-state index >= 15 is 0 Å². The van der Waals surface area contributed by atoms with Gasteiger partial charge in [-0.2, -0.15) is 0 Å². The van der Waals surface area contributed by atoms with Gasteiger partial charge in [-0.15, -0.1) is 0 Å². The Morgan fingerprint density at radius 1 is 1.37 bits per heavy atom. The predicted octanol–water partition coefficient (Wildman–Crippen LogP) is 1.89. The average Bonchev–Trinajstić information content (AvgIpc) is 2.33. The van der Waals surface area contributed by atoms with Crippen molar-refractivity contribution < 1.29 is 9.53 Å². The van der Waals surface area contributed by atoms with Gasteiger partial charge in [0.05, 0.1) is 18.8 Å². The van der Waals surface area contributed by atoms with Gasteiger partial charge in [0, 0.05) is 24.7 Å². The fraction of sp³-hybridized carbons (Fsp3) is 0.933. The molecule has 4 heteroatoms. The number of morpholine rings is 1. The molecule has 2 atom stereocenters. The summed E-state index contributed by atoms with van der Waals surface area (Å²) in [6.07, 6.45) is 2.31. The van der Waals surface area contributed by atoms with E-state index in [4.69, 9.17) is 4.74 Å². The number of piperidine rings is 1. The zero-order valence-electron chi connectivity index (χ0n) is 13.0. The molecule has 2 fully saturated rings. The second-order valence-corrected chi connectivity index (χ2v) is 6.87. The van der Waals surface area contributed by atoms with Gasteiger partial charge in [0.15, 0.2) is 0 Å². The van der Waals surface area contributed by atoms with Crippen LogP contribution in [0, 0.1) is 0 Å². The smallest absolute Gasteiger partial charge is 0.240 e. The largest absolute Gasteiger partial charge is 0.375 e. The predicted molar refractivity (Wildman–Crippen MR) is 76.1 cm³/mol. The van der Waals surface area contributed by atoms with E-state index in [1.54, 1.807) is 0 Å². The lowest BCUT2D eigenvalue weighted by Gasteiger charge is -2.50. The number of carbonyl (C=O) groups is 1. The quantitative estimate of drug-likeness (QED) is 0.766. The molecule has 4 nitrogen and oxygen atoms in total. The maximum Gasteiger partial charge on any atom is 0.240 e. The van der Waals surface area contributed by atoms with Gasteiger partial charge in [-0.1, -0.05) is 0 Å². The Bertz CT molecular complexity index is 341. The number of likely N-dealkylation sites (tertiary alicyclic amines) is 1. The summed E-state index contributed by atoms with van der Waals surface area (Å²) >= 11 is 0. The van der Waals surface area contributed by atoms with E-state index in [0.29, 0.717) is 18.6 Å². The summed E-state index contributed by atoms with van der Waals surface area (Å²) in [5, 5.41) is 0. The molecule has 2 rings (SSSR count). The number of hydrogen-bond donors (Lipinski definition) is 0. The number of nitrogens with zero attached hydrogens (tertiary/aromatic N) is 2. The number of amides is 1. The first-order valence-corrected chi connectivity index (χ1v) is 7.52. The van der Waals surface area contributed by atoms with Crippen LogP contribution in [0.15, 0.2) is 0 Å². The molecule has 1 amide bonds. The minimum Gasteiger partial charge on any atom is -0.375 e. The van der Waals surface area contributed by atoms with Gasteiger partial charge in [-0.25, -0.2) is 0 Å². The molecule has 2 aliphatic rings. The van der Waals surface area contributed by atoms with Crippen molar-refractivity contribution in [3.05, 3.63) is 0 Å². The lowest BCUT2D eigenvalue weighted by Crippen LogP contribution is -2.64. The van der Waals surface area contributed by atoms with Crippen molar-refractivity contribution >= 4 is 5.91 Å². The van der Waals surface area contributed by atoms with Gasteiger partial charge < -0.3 is 9.64 Å². The van der Waals surface area contributed by atoms with Crippen LogP contribution in [0.4, 0.5) is 0 Å². The van der Waals surface area contributed by atoms with Crippen LogP contribution < -0.4 is 0 Å². The molecule has 0 aromatic rings. The average molecular weight is 268 g/mol. The Hall–Kier alpha value is -0.610. The van der Waals surface area contributed by atoms with Crippen molar-refractivity contribution in [3.8, 4) is 0 Å². The van der Waals surface area contributed by atoms with E-state index in [1.165, 1.54) is 0 Å². The van der Waals surface area contributed by atoms with E-state index in [0.717, 1.165) is 25.9 Å². The van der Waals surface area contributed by atoms with Crippen LogP contribution in [-0.4, -0.2) is 59.1 Å². The highest BCUT2D eigenvalue weighted by atomic mass is 16.5. The highest BCUT2D eigenvalue weighted by Gasteiger charge is 2.43. The van der Waals surface area contributed by atoms with E-state index in [1.807, 2.05) is 4.90 Å². The summed E-state index contributed by atoms with van der Waals surface area (Å²) < 4.78 is 5.76. The molecule has 0 saturated carbocycles. The van der Waals surface area contributed by atoms with Crippen molar-refractivity contribution in [1.29, 1.82) is 0 Å². The molecule has 110 valence electrons. The number of ether oxygens (including phenoxy) is 1. The SMILES string of the molecule is CC(C)N1CCC[C@@H](N2C[C@@H](C)OCC2(C)C)C1=O. The molecule has 0 bridgehead atoms. The molecular formula is C15H28N2O2. The minimum atomic E-state index is -0.0488. The van der Waals surface area contributed by atoms with Crippen LogP contribution in [0.1, 0.15) is 47.5 Å². The Kier molecular flexibility index (Phi) is 4.21. The van der Waals surface area contributed by atoms with Crippen molar-refractivity contribution in [1.82, 2.24) is 9.80 Å². The summed E-state index contributed by atoms with van der Waals surface area (Å²) in [7, 11) is 0. The van der Waals surface area contributed by atoms with Crippen LogP contribution in [0.25, 0.3) is 0 Å². The van der Waals surface area contributed by atoms with Crippen LogP contribution in [0.5, 0.6) is 0 Å². The Morgan fingerprint density at radius 3 is 2.68 bits per heavy atom. The third kappa shape index (κ3) is 2.95. The molecular weight excluding hydrogens is 240 g/mol. The molecule has 0 radical (unpaired) electrons. The van der Waals surface area contributed by atoms with Crippen molar-refractivity contribution in [2.24, 2.45) is 0 Å². The standard InChI is InChI=1S/C15H28N2O2/c1-11(2)16-8-6-7-13(14(16)18)17-9-12(3)19-10-15(17,4)5/h11-13H,6-10H2,1-5H3/t12-,13-/m1/s1. The molecule has 2 aliphatic heterocycles. The molecule has 0 spiro atoms. The third-order valence-electron chi connectivity index (χ3n) is 4.40. The molecule has 2 saturated heterocycles. The summed E-state index contributed by atoms with van der Waals surface area (Å²) in [6, 6.07) is 0.342. The van der Waals surface area contributed by atoms with Gasteiger partial charge in [0.2, 0.25) is 5.91 Å². The first kappa shape index (κ1) is 14.8. The van der Waals surface area contributed by atoms with E-state index in [2.05, 4.69) is 39.5 Å². The van der Waals surface area contributed by atoms with Crippen molar-refractivity contribution in [2.75, 3.05) is 19.7 Å². The molecule has 0 aromatic heterocycles. The number of rotatable bonds is 2. The molecule has 2 heterocycles. The molecule has 0 aromatic carbocycles. The summed E-state index contributed by atoms with van der Waals surface area (Å²) in [5.41, 5.74) is -0.0488. The van der Waals surface area contributed by atoms with Crippen LogP contribution in [0.3, 0.4) is 0 Å². The maximum absolute atomic E-state index is 12.7. The molecule has 19 heavy (non-hydrogen) atoms. The summed E-state index contributed by atoms with van der Waals surface area (Å²) in [5.74, 6) is 0.309. The van der Waals surface area contributed by atoms with Crippen LogP contribution in [-0.2, 0) is 9.53 Å². The Balaban J connectivity index is 2.17. The second kappa shape index (κ2) is 5.41. The lowest BCUT2D eigenvalue weighted by atomic mass is 9.93. The van der Waals surface area contributed by atoms with Gasteiger partial charge in [-0.05, 0) is 47.5 Å². The fourth-order valence-electron chi connectivity index (χ4n) is 3.24. The van der Waals surface area contributed by atoms with Crippen molar-refractivity contribution in [3.63, 3.8) is 0 Å². The van der Waals surface area contributed by atoms with Gasteiger partial charge in [0.25, 0.3) is 0 Å². The van der Waals surface area contributed by atoms with Gasteiger partial charge >= 0.3 is 0 Å². The van der Waals surface area contributed by atoms with Gasteiger partial charge in [-0.3, -0.25) is 9.69 Å². The second-order valence-electron chi connectivity index (χ2n) is 6.87. The molecule has 0 unspecified atom stereocenters. The lowest BCUT2D eigenvalue weighted by molar-refractivity contribution is -0.156. The minimum absolute atomic E-state index is 0.0394. The maximum atomic E-state index is 12.7.